The molecule has 0 radical (unpaired) electrons. The molecule has 2 aliphatic heterocycles. The van der Waals surface area contributed by atoms with Crippen LogP contribution in [0.4, 0.5) is 4.39 Å². The van der Waals surface area contributed by atoms with E-state index in [-0.39, 0.29) is 29.6 Å². The lowest BCUT2D eigenvalue weighted by molar-refractivity contribution is -0.139. The Morgan fingerprint density at radius 2 is 1.69 bits per heavy atom. The highest BCUT2D eigenvalue weighted by Gasteiger charge is 2.33. The number of carbonyl (C=O) groups is 2. The van der Waals surface area contributed by atoms with E-state index < -0.39 is 6.10 Å². The first-order chi connectivity index (χ1) is 16.7. The molecule has 1 fully saturated rings. The van der Waals surface area contributed by atoms with Gasteiger partial charge >= 0.3 is 0 Å². The van der Waals surface area contributed by atoms with Crippen LogP contribution in [0, 0.1) is 11.7 Å². The molecule has 2 aromatic carbocycles. The number of hydrogen-bond acceptors (Lipinski definition) is 4. The Balaban J connectivity index is 1.60. The maximum absolute atomic E-state index is 13.7. The molecule has 35 heavy (non-hydrogen) atoms. The SMILES string of the molecule is CC(C)CC(=O)N1CCc2ccc(O[C@@H](C)C(=O)N3CCN(C)CC3)cc2[C@H]1c1ccc(F)cc1. The quantitative estimate of drug-likeness (QED) is 0.628. The first-order valence-corrected chi connectivity index (χ1v) is 12.5. The van der Waals surface area contributed by atoms with Crippen molar-refractivity contribution in [2.75, 3.05) is 39.8 Å². The van der Waals surface area contributed by atoms with Gasteiger partial charge in [0.05, 0.1) is 6.04 Å². The number of fused-ring (bicyclic) bond motifs is 1. The molecule has 188 valence electrons. The van der Waals surface area contributed by atoms with E-state index in [2.05, 4.69) is 11.9 Å². The minimum atomic E-state index is -0.608. The minimum absolute atomic E-state index is 0.0142. The molecule has 0 aliphatic carbocycles. The van der Waals surface area contributed by atoms with Crippen LogP contribution in [-0.2, 0) is 16.0 Å². The highest BCUT2D eigenvalue weighted by atomic mass is 19.1. The second-order valence-electron chi connectivity index (χ2n) is 10.1. The third kappa shape index (κ3) is 5.84. The minimum Gasteiger partial charge on any atom is -0.481 e. The van der Waals surface area contributed by atoms with Crippen LogP contribution in [0.2, 0.25) is 0 Å². The summed E-state index contributed by atoms with van der Waals surface area (Å²) in [6.07, 6.45) is 0.593. The zero-order chi connectivity index (χ0) is 25.1. The molecule has 2 atom stereocenters. The van der Waals surface area contributed by atoms with Gasteiger partial charge in [0.15, 0.2) is 6.10 Å². The molecular formula is C28H36FN3O3. The second-order valence-corrected chi connectivity index (χ2v) is 10.1. The summed E-state index contributed by atoms with van der Waals surface area (Å²) >= 11 is 0. The van der Waals surface area contributed by atoms with Gasteiger partial charge in [-0.3, -0.25) is 9.59 Å². The fraction of sp³-hybridized carbons (Fsp3) is 0.500. The molecule has 0 N–H and O–H groups in total. The Morgan fingerprint density at radius 3 is 2.34 bits per heavy atom. The zero-order valence-electron chi connectivity index (χ0n) is 21.2. The molecule has 2 aliphatic rings. The van der Waals surface area contributed by atoms with Gasteiger partial charge in [0.1, 0.15) is 11.6 Å². The lowest BCUT2D eigenvalue weighted by atomic mass is 9.87. The molecule has 2 heterocycles. The smallest absolute Gasteiger partial charge is 0.263 e. The van der Waals surface area contributed by atoms with Crippen LogP contribution in [0.5, 0.6) is 5.75 Å². The molecule has 2 aromatic rings. The first-order valence-electron chi connectivity index (χ1n) is 12.5. The number of ether oxygens (including phenoxy) is 1. The summed E-state index contributed by atoms with van der Waals surface area (Å²) in [5, 5.41) is 0. The molecule has 0 bridgehead atoms. The standard InChI is InChI=1S/C28H36FN3O3/c1-19(2)17-26(33)32-12-11-21-7-10-24(18-25(21)27(32)22-5-8-23(29)9-6-22)35-20(3)28(34)31-15-13-30(4)14-16-31/h5-10,18-20,27H,11-17H2,1-4H3/t20-,27+/m0/s1. The Hall–Kier alpha value is -2.93. The van der Waals surface area contributed by atoms with Crippen LogP contribution in [0.15, 0.2) is 42.5 Å². The predicted molar refractivity (Wildman–Crippen MR) is 134 cm³/mol. The van der Waals surface area contributed by atoms with Gasteiger partial charge < -0.3 is 19.4 Å². The second kappa shape index (κ2) is 10.8. The summed E-state index contributed by atoms with van der Waals surface area (Å²) < 4.78 is 19.8. The van der Waals surface area contributed by atoms with E-state index >= 15 is 0 Å². The number of carbonyl (C=O) groups excluding carboxylic acids is 2. The maximum atomic E-state index is 13.7. The number of nitrogens with zero attached hydrogens (tertiary/aromatic N) is 3. The summed E-state index contributed by atoms with van der Waals surface area (Å²) in [5.74, 6) is 0.612. The fourth-order valence-corrected chi connectivity index (χ4v) is 4.94. The number of hydrogen-bond donors (Lipinski definition) is 0. The largest absolute Gasteiger partial charge is 0.481 e. The van der Waals surface area contributed by atoms with Gasteiger partial charge in [-0.25, -0.2) is 4.39 Å². The highest BCUT2D eigenvalue weighted by Crippen LogP contribution is 2.38. The van der Waals surface area contributed by atoms with E-state index in [1.54, 1.807) is 19.1 Å². The number of rotatable bonds is 6. The number of halogens is 1. The van der Waals surface area contributed by atoms with Gasteiger partial charge in [-0.15, -0.1) is 0 Å². The lowest BCUT2D eigenvalue weighted by Crippen LogP contribution is -2.50. The van der Waals surface area contributed by atoms with Crippen LogP contribution in [0.1, 0.15) is 49.9 Å². The Labute approximate surface area is 207 Å². The molecule has 6 nitrogen and oxygen atoms in total. The summed E-state index contributed by atoms with van der Waals surface area (Å²) in [5.41, 5.74) is 2.97. The van der Waals surface area contributed by atoms with E-state index in [9.17, 15) is 14.0 Å². The third-order valence-electron chi connectivity index (χ3n) is 6.91. The summed E-state index contributed by atoms with van der Waals surface area (Å²) in [6, 6.07) is 11.9. The van der Waals surface area contributed by atoms with Crippen LogP contribution in [0.3, 0.4) is 0 Å². The van der Waals surface area contributed by atoms with E-state index in [0.717, 1.165) is 36.2 Å². The van der Waals surface area contributed by atoms with E-state index in [1.165, 1.54) is 12.1 Å². The van der Waals surface area contributed by atoms with Crippen molar-refractivity contribution in [2.24, 2.45) is 5.92 Å². The van der Waals surface area contributed by atoms with Crippen molar-refractivity contribution in [3.8, 4) is 5.75 Å². The molecule has 0 saturated carbocycles. The van der Waals surface area contributed by atoms with Gasteiger partial charge in [0.25, 0.3) is 5.91 Å². The van der Waals surface area contributed by atoms with Gasteiger partial charge in [-0.1, -0.05) is 32.0 Å². The van der Waals surface area contributed by atoms with Crippen molar-refractivity contribution in [2.45, 2.75) is 45.8 Å². The van der Waals surface area contributed by atoms with Gasteiger partial charge in [0, 0.05) is 39.1 Å². The molecule has 1 saturated heterocycles. The van der Waals surface area contributed by atoms with Gasteiger partial charge in [-0.2, -0.15) is 0 Å². The van der Waals surface area contributed by atoms with E-state index in [0.29, 0.717) is 31.8 Å². The van der Waals surface area contributed by atoms with E-state index in [1.807, 2.05) is 41.8 Å². The summed E-state index contributed by atoms with van der Waals surface area (Å²) in [6.45, 7) is 9.59. The zero-order valence-corrected chi connectivity index (χ0v) is 21.2. The summed E-state index contributed by atoms with van der Waals surface area (Å²) in [7, 11) is 2.06. The number of likely N-dealkylation sites (N-methyl/N-ethyl adjacent to an activating group) is 1. The fourth-order valence-electron chi connectivity index (χ4n) is 4.94. The van der Waals surface area contributed by atoms with Gasteiger partial charge in [-0.05, 0) is 67.3 Å². The van der Waals surface area contributed by atoms with Crippen molar-refractivity contribution in [3.05, 3.63) is 65.0 Å². The average molecular weight is 482 g/mol. The topological polar surface area (TPSA) is 53.1 Å². The van der Waals surface area contributed by atoms with Crippen LogP contribution < -0.4 is 4.74 Å². The monoisotopic (exact) mass is 481 g/mol. The van der Waals surface area contributed by atoms with Crippen molar-refractivity contribution in [1.82, 2.24) is 14.7 Å². The first kappa shape index (κ1) is 25.2. The summed E-state index contributed by atoms with van der Waals surface area (Å²) in [4.78, 5) is 32.1. The maximum Gasteiger partial charge on any atom is 0.263 e. The average Bonchev–Trinajstić information content (AvgIpc) is 2.83. The number of benzene rings is 2. The predicted octanol–water partition coefficient (Wildman–Crippen LogP) is 3.89. The Kier molecular flexibility index (Phi) is 7.75. The van der Waals surface area contributed by atoms with Crippen molar-refractivity contribution in [1.29, 1.82) is 0 Å². The molecule has 2 amide bonds. The molecule has 0 aromatic heterocycles. The Bertz CT molecular complexity index is 1050. The normalized spacial score (nSPS) is 19.4. The van der Waals surface area contributed by atoms with E-state index in [4.69, 9.17) is 4.74 Å². The number of piperazine rings is 1. The molecule has 0 spiro atoms. The molecule has 0 unspecified atom stereocenters. The van der Waals surface area contributed by atoms with Crippen LogP contribution in [0.25, 0.3) is 0 Å². The Morgan fingerprint density at radius 1 is 1.00 bits per heavy atom. The molecular weight excluding hydrogens is 445 g/mol. The van der Waals surface area contributed by atoms with Crippen molar-refractivity contribution < 1.29 is 18.7 Å². The number of amides is 2. The highest BCUT2D eigenvalue weighted by molar-refractivity contribution is 5.81. The third-order valence-corrected chi connectivity index (χ3v) is 6.91. The van der Waals surface area contributed by atoms with Crippen molar-refractivity contribution in [3.63, 3.8) is 0 Å². The van der Waals surface area contributed by atoms with Crippen LogP contribution >= 0.6 is 0 Å². The van der Waals surface area contributed by atoms with Crippen LogP contribution in [-0.4, -0.2) is 72.4 Å². The van der Waals surface area contributed by atoms with Gasteiger partial charge in [0.2, 0.25) is 5.91 Å². The lowest BCUT2D eigenvalue weighted by Gasteiger charge is -2.38. The molecule has 4 rings (SSSR count). The molecule has 7 heteroatoms. The van der Waals surface area contributed by atoms with Crippen molar-refractivity contribution >= 4 is 11.8 Å².